The van der Waals surface area contributed by atoms with E-state index in [1.165, 1.54) is 25.9 Å². The molecule has 1 aliphatic heterocycles. The van der Waals surface area contributed by atoms with Gasteiger partial charge >= 0.3 is 0 Å². The van der Waals surface area contributed by atoms with Gasteiger partial charge in [-0.1, -0.05) is 11.3 Å². The van der Waals surface area contributed by atoms with Gasteiger partial charge in [0.25, 0.3) is 0 Å². The molecule has 1 atom stereocenters. The molecule has 4 nitrogen and oxygen atoms in total. The van der Waals surface area contributed by atoms with E-state index < -0.39 is 0 Å². The fourth-order valence-electron chi connectivity index (χ4n) is 1.59. The third kappa shape index (κ3) is 2.63. The Labute approximate surface area is 81.8 Å². The Hall–Kier alpha value is -0.680. The molecule has 2 heterocycles. The first-order valence-corrected chi connectivity index (χ1v) is 5.54. The van der Waals surface area contributed by atoms with Crippen LogP contribution in [0, 0.1) is 5.92 Å². The Morgan fingerprint density at radius 3 is 3.38 bits per heavy atom. The van der Waals surface area contributed by atoms with Gasteiger partial charge in [-0.3, -0.25) is 0 Å². The molecular formula is C8H14N4S. The van der Waals surface area contributed by atoms with Crippen molar-refractivity contribution < 1.29 is 0 Å². The SMILES string of the molecule is c1nnc(NCCC2CCNC2)s1. The van der Waals surface area contributed by atoms with E-state index in [0.29, 0.717) is 0 Å². The summed E-state index contributed by atoms with van der Waals surface area (Å²) in [5.41, 5.74) is 1.75. The van der Waals surface area contributed by atoms with Crippen molar-refractivity contribution in [1.29, 1.82) is 0 Å². The lowest BCUT2D eigenvalue weighted by atomic mass is 10.1. The van der Waals surface area contributed by atoms with Gasteiger partial charge < -0.3 is 10.6 Å². The van der Waals surface area contributed by atoms with Crippen LogP contribution in [0.15, 0.2) is 5.51 Å². The fraction of sp³-hybridized carbons (Fsp3) is 0.750. The molecule has 1 saturated heterocycles. The first kappa shape index (κ1) is 8.90. The maximum Gasteiger partial charge on any atom is 0.205 e. The van der Waals surface area contributed by atoms with Crippen LogP contribution < -0.4 is 10.6 Å². The quantitative estimate of drug-likeness (QED) is 0.756. The van der Waals surface area contributed by atoms with E-state index in [-0.39, 0.29) is 0 Å². The lowest BCUT2D eigenvalue weighted by Gasteiger charge is -2.07. The van der Waals surface area contributed by atoms with E-state index in [4.69, 9.17) is 0 Å². The van der Waals surface area contributed by atoms with Crippen molar-refractivity contribution in [2.45, 2.75) is 12.8 Å². The largest absolute Gasteiger partial charge is 0.360 e. The molecule has 0 amide bonds. The Morgan fingerprint density at radius 1 is 1.69 bits per heavy atom. The highest BCUT2D eigenvalue weighted by atomic mass is 32.1. The van der Waals surface area contributed by atoms with Crippen molar-refractivity contribution in [3.8, 4) is 0 Å². The second-order valence-corrected chi connectivity index (χ2v) is 4.15. The zero-order valence-corrected chi connectivity index (χ0v) is 8.31. The third-order valence-electron chi connectivity index (χ3n) is 2.35. The van der Waals surface area contributed by atoms with Crippen LogP contribution in [-0.4, -0.2) is 29.8 Å². The van der Waals surface area contributed by atoms with E-state index in [1.807, 2.05) is 0 Å². The summed E-state index contributed by atoms with van der Waals surface area (Å²) in [6.07, 6.45) is 2.55. The molecule has 5 heteroatoms. The highest BCUT2D eigenvalue weighted by Gasteiger charge is 2.13. The van der Waals surface area contributed by atoms with Crippen LogP contribution in [0.3, 0.4) is 0 Å². The van der Waals surface area contributed by atoms with Crippen LogP contribution in [0.1, 0.15) is 12.8 Å². The summed E-state index contributed by atoms with van der Waals surface area (Å²) >= 11 is 1.56. The smallest absolute Gasteiger partial charge is 0.205 e. The Bertz CT molecular complexity index is 230. The number of aromatic nitrogens is 2. The number of nitrogens with zero attached hydrogens (tertiary/aromatic N) is 2. The standard InChI is InChI=1S/C8H14N4S/c1-3-9-5-7(1)2-4-10-8-12-11-6-13-8/h6-7,9H,1-5H2,(H,10,12). The molecule has 0 radical (unpaired) electrons. The van der Waals surface area contributed by atoms with Gasteiger partial charge in [0, 0.05) is 6.54 Å². The van der Waals surface area contributed by atoms with Gasteiger partial charge in [-0.05, 0) is 31.8 Å². The molecule has 0 saturated carbocycles. The maximum absolute atomic E-state index is 3.92. The highest BCUT2D eigenvalue weighted by molar-refractivity contribution is 7.13. The van der Waals surface area contributed by atoms with Gasteiger partial charge in [0.2, 0.25) is 5.13 Å². The minimum absolute atomic E-state index is 0.848. The van der Waals surface area contributed by atoms with E-state index in [1.54, 1.807) is 16.8 Å². The zero-order valence-electron chi connectivity index (χ0n) is 7.49. The highest BCUT2D eigenvalue weighted by Crippen LogP contribution is 2.13. The predicted octanol–water partition coefficient (Wildman–Crippen LogP) is 0.950. The second kappa shape index (κ2) is 4.53. The molecule has 0 aromatic carbocycles. The molecule has 0 aliphatic carbocycles. The van der Waals surface area contributed by atoms with Crippen molar-refractivity contribution in [3.05, 3.63) is 5.51 Å². The van der Waals surface area contributed by atoms with Gasteiger partial charge in [-0.2, -0.15) is 0 Å². The van der Waals surface area contributed by atoms with Crippen molar-refractivity contribution >= 4 is 16.5 Å². The van der Waals surface area contributed by atoms with Crippen LogP contribution in [0.5, 0.6) is 0 Å². The summed E-state index contributed by atoms with van der Waals surface area (Å²) in [4.78, 5) is 0. The van der Waals surface area contributed by atoms with E-state index >= 15 is 0 Å². The van der Waals surface area contributed by atoms with E-state index in [2.05, 4.69) is 20.8 Å². The van der Waals surface area contributed by atoms with Gasteiger partial charge in [-0.25, -0.2) is 0 Å². The van der Waals surface area contributed by atoms with Crippen molar-refractivity contribution in [3.63, 3.8) is 0 Å². The minimum atomic E-state index is 0.848. The van der Waals surface area contributed by atoms with Gasteiger partial charge in [0.15, 0.2) is 0 Å². The lowest BCUT2D eigenvalue weighted by molar-refractivity contribution is 0.549. The van der Waals surface area contributed by atoms with E-state index in [9.17, 15) is 0 Å². The third-order valence-corrected chi connectivity index (χ3v) is 3.00. The first-order chi connectivity index (χ1) is 6.45. The second-order valence-electron chi connectivity index (χ2n) is 3.32. The normalized spacial score (nSPS) is 22.0. The lowest BCUT2D eigenvalue weighted by Crippen LogP contribution is -2.12. The molecule has 2 rings (SSSR count). The molecule has 1 aliphatic rings. The topological polar surface area (TPSA) is 49.8 Å². The van der Waals surface area contributed by atoms with Gasteiger partial charge in [0.05, 0.1) is 0 Å². The number of hydrogen-bond donors (Lipinski definition) is 2. The fourth-order valence-corrected chi connectivity index (χ4v) is 2.07. The molecule has 0 bridgehead atoms. The zero-order chi connectivity index (χ0) is 8.93. The average Bonchev–Trinajstić information content (AvgIpc) is 2.75. The summed E-state index contributed by atoms with van der Waals surface area (Å²) in [6, 6.07) is 0. The van der Waals surface area contributed by atoms with Crippen LogP contribution >= 0.6 is 11.3 Å². The summed E-state index contributed by atoms with van der Waals surface area (Å²) < 4.78 is 0. The Kier molecular flexibility index (Phi) is 3.10. The number of nitrogens with one attached hydrogen (secondary N) is 2. The number of anilines is 1. The summed E-state index contributed by atoms with van der Waals surface area (Å²) in [7, 11) is 0. The van der Waals surface area contributed by atoms with Crippen LogP contribution in [0.2, 0.25) is 0 Å². The molecule has 1 fully saturated rings. The van der Waals surface area contributed by atoms with Gasteiger partial charge in [-0.15, -0.1) is 10.2 Å². The molecular weight excluding hydrogens is 184 g/mol. The summed E-state index contributed by atoms with van der Waals surface area (Å²) in [5, 5.41) is 15.3. The Morgan fingerprint density at radius 2 is 2.69 bits per heavy atom. The van der Waals surface area contributed by atoms with Crippen LogP contribution in [0.25, 0.3) is 0 Å². The maximum atomic E-state index is 3.92. The van der Waals surface area contributed by atoms with Crippen molar-refractivity contribution in [1.82, 2.24) is 15.5 Å². The molecule has 0 spiro atoms. The average molecular weight is 198 g/mol. The predicted molar refractivity (Wildman–Crippen MR) is 54.0 cm³/mol. The molecule has 2 N–H and O–H groups in total. The molecule has 1 aromatic rings. The van der Waals surface area contributed by atoms with Crippen molar-refractivity contribution in [2.24, 2.45) is 5.92 Å². The minimum Gasteiger partial charge on any atom is -0.360 e. The van der Waals surface area contributed by atoms with E-state index in [0.717, 1.165) is 17.6 Å². The van der Waals surface area contributed by atoms with Crippen LogP contribution in [0.4, 0.5) is 5.13 Å². The number of rotatable bonds is 4. The Balaban J connectivity index is 1.63. The van der Waals surface area contributed by atoms with Crippen LogP contribution in [-0.2, 0) is 0 Å². The molecule has 72 valence electrons. The first-order valence-electron chi connectivity index (χ1n) is 4.66. The summed E-state index contributed by atoms with van der Waals surface area (Å²) in [6.45, 7) is 3.38. The molecule has 1 aromatic heterocycles. The van der Waals surface area contributed by atoms with Crippen molar-refractivity contribution in [2.75, 3.05) is 25.0 Å². The molecule has 1 unspecified atom stereocenters. The monoisotopic (exact) mass is 198 g/mol. The van der Waals surface area contributed by atoms with Gasteiger partial charge in [0.1, 0.15) is 5.51 Å². The summed E-state index contributed by atoms with van der Waals surface area (Å²) in [5.74, 6) is 0.848. The molecule has 13 heavy (non-hydrogen) atoms. The number of hydrogen-bond acceptors (Lipinski definition) is 5.